The first kappa shape index (κ1) is 18.3. The predicted octanol–water partition coefficient (Wildman–Crippen LogP) is 4.69. The van der Waals surface area contributed by atoms with E-state index in [0.717, 1.165) is 20.4 Å². The van der Waals surface area contributed by atoms with E-state index in [9.17, 15) is 4.79 Å². The zero-order valence-corrected chi connectivity index (χ0v) is 16.2. The molecule has 4 nitrogen and oxygen atoms in total. The van der Waals surface area contributed by atoms with Crippen LogP contribution in [0.25, 0.3) is 12.2 Å². The van der Waals surface area contributed by atoms with Crippen molar-refractivity contribution in [2.24, 2.45) is 0 Å². The second-order valence-electron chi connectivity index (χ2n) is 5.09. The van der Waals surface area contributed by atoms with E-state index < -0.39 is 0 Å². The average Bonchev–Trinajstić information content (AvgIpc) is 2.58. The minimum absolute atomic E-state index is 0.0252. The van der Waals surface area contributed by atoms with Crippen molar-refractivity contribution >= 4 is 40.5 Å². The molecule has 0 heterocycles. The van der Waals surface area contributed by atoms with Gasteiger partial charge in [0.25, 0.3) is 0 Å². The fraction of sp³-hybridized carbons (Fsp3) is 0.211. The van der Waals surface area contributed by atoms with Crippen molar-refractivity contribution in [3.63, 3.8) is 0 Å². The Balaban J connectivity index is 2.36. The van der Waals surface area contributed by atoms with Crippen LogP contribution in [0, 0.1) is 3.57 Å². The van der Waals surface area contributed by atoms with Gasteiger partial charge in [-0.3, -0.25) is 4.79 Å². The highest BCUT2D eigenvalue weighted by molar-refractivity contribution is 14.1. The predicted molar refractivity (Wildman–Crippen MR) is 104 cm³/mol. The molecular weight excluding hydrogens is 419 g/mol. The highest BCUT2D eigenvalue weighted by Crippen LogP contribution is 2.34. The number of benzene rings is 2. The molecule has 2 rings (SSSR count). The van der Waals surface area contributed by atoms with E-state index in [4.69, 9.17) is 14.2 Å². The Morgan fingerprint density at radius 2 is 1.58 bits per heavy atom. The molecule has 0 amide bonds. The van der Waals surface area contributed by atoms with Crippen molar-refractivity contribution in [1.82, 2.24) is 0 Å². The Labute approximate surface area is 155 Å². The lowest BCUT2D eigenvalue weighted by atomic mass is 10.1. The van der Waals surface area contributed by atoms with Gasteiger partial charge >= 0.3 is 0 Å². The highest BCUT2D eigenvalue weighted by atomic mass is 127. The van der Waals surface area contributed by atoms with Gasteiger partial charge in [-0.1, -0.05) is 18.2 Å². The van der Waals surface area contributed by atoms with E-state index in [1.807, 2.05) is 36.4 Å². The third kappa shape index (κ3) is 4.08. The molecule has 0 saturated heterocycles. The molecule has 2 aromatic rings. The van der Waals surface area contributed by atoms with E-state index >= 15 is 0 Å². The van der Waals surface area contributed by atoms with Gasteiger partial charge in [-0.25, -0.2) is 0 Å². The number of Topliss-reactive ketones (excluding diaryl/α,β-unsaturated/α-hetero) is 1. The standard InChI is InChI=1S/C19H19IO4/c1-12(21)15-9-13(7-8-17(15)22-2)5-6-14-10-16(20)19(24-4)18(11-14)23-3/h5-11H,1-4H3/b6-5-. The molecule has 0 bridgehead atoms. The van der Waals surface area contributed by atoms with E-state index in [1.165, 1.54) is 6.92 Å². The molecule has 5 heteroatoms. The number of hydrogen-bond donors (Lipinski definition) is 0. The lowest BCUT2D eigenvalue weighted by Gasteiger charge is -2.10. The van der Waals surface area contributed by atoms with Crippen LogP contribution in [0.3, 0.4) is 0 Å². The number of halogens is 1. The monoisotopic (exact) mass is 438 g/mol. The van der Waals surface area contributed by atoms with E-state index in [0.29, 0.717) is 17.1 Å². The molecule has 126 valence electrons. The maximum Gasteiger partial charge on any atom is 0.174 e. The molecule has 0 unspecified atom stereocenters. The van der Waals surface area contributed by atoms with Gasteiger partial charge in [0.05, 0.1) is 30.5 Å². The number of rotatable bonds is 6. The molecule has 2 aromatic carbocycles. The lowest BCUT2D eigenvalue weighted by molar-refractivity contribution is 0.101. The number of carbonyl (C=O) groups excluding carboxylic acids is 1. The summed E-state index contributed by atoms with van der Waals surface area (Å²) < 4.78 is 16.9. The highest BCUT2D eigenvalue weighted by Gasteiger charge is 2.10. The average molecular weight is 438 g/mol. The summed E-state index contributed by atoms with van der Waals surface area (Å²) in [7, 11) is 4.79. The second kappa shape index (κ2) is 8.19. The normalized spacial score (nSPS) is 10.7. The van der Waals surface area contributed by atoms with Crippen LogP contribution in [0.2, 0.25) is 0 Å². The topological polar surface area (TPSA) is 44.8 Å². The zero-order valence-electron chi connectivity index (χ0n) is 14.1. The summed E-state index contributed by atoms with van der Waals surface area (Å²) >= 11 is 2.21. The van der Waals surface area contributed by atoms with Crippen LogP contribution in [-0.4, -0.2) is 27.1 Å². The maximum atomic E-state index is 11.7. The van der Waals surface area contributed by atoms with Crippen LogP contribution < -0.4 is 14.2 Å². The maximum absolute atomic E-state index is 11.7. The molecule has 0 N–H and O–H groups in total. The summed E-state index contributed by atoms with van der Waals surface area (Å²) in [5.74, 6) is 1.96. The Morgan fingerprint density at radius 1 is 0.917 bits per heavy atom. The van der Waals surface area contributed by atoms with E-state index in [1.54, 1.807) is 27.4 Å². The van der Waals surface area contributed by atoms with Crippen LogP contribution in [0.5, 0.6) is 17.2 Å². The van der Waals surface area contributed by atoms with Gasteiger partial charge in [0.2, 0.25) is 0 Å². The number of ether oxygens (including phenoxy) is 3. The van der Waals surface area contributed by atoms with Gasteiger partial charge in [-0.2, -0.15) is 0 Å². The van der Waals surface area contributed by atoms with Gasteiger partial charge in [0.1, 0.15) is 5.75 Å². The molecule has 0 aromatic heterocycles. The molecule has 24 heavy (non-hydrogen) atoms. The molecule has 0 radical (unpaired) electrons. The van der Waals surface area contributed by atoms with Crippen molar-refractivity contribution in [2.75, 3.05) is 21.3 Å². The summed E-state index contributed by atoms with van der Waals surface area (Å²) in [6.45, 7) is 1.53. The second-order valence-corrected chi connectivity index (χ2v) is 6.25. The fourth-order valence-electron chi connectivity index (χ4n) is 2.33. The smallest absolute Gasteiger partial charge is 0.174 e. The lowest BCUT2D eigenvalue weighted by Crippen LogP contribution is -1.97. The third-order valence-corrected chi connectivity index (χ3v) is 4.33. The number of methoxy groups -OCH3 is 3. The molecule has 0 aliphatic carbocycles. The minimum Gasteiger partial charge on any atom is -0.496 e. The van der Waals surface area contributed by atoms with Crippen LogP contribution in [0.15, 0.2) is 30.3 Å². The van der Waals surface area contributed by atoms with Gasteiger partial charge < -0.3 is 14.2 Å². The van der Waals surface area contributed by atoms with Crippen LogP contribution in [0.4, 0.5) is 0 Å². The quantitative estimate of drug-likeness (QED) is 0.373. The van der Waals surface area contributed by atoms with Crippen LogP contribution in [-0.2, 0) is 0 Å². The largest absolute Gasteiger partial charge is 0.496 e. The fourth-order valence-corrected chi connectivity index (χ4v) is 3.18. The number of ketones is 1. The Morgan fingerprint density at radius 3 is 2.17 bits per heavy atom. The van der Waals surface area contributed by atoms with Gasteiger partial charge in [0, 0.05) is 0 Å². The van der Waals surface area contributed by atoms with E-state index in [-0.39, 0.29) is 5.78 Å². The van der Waals surface area contributed by atoms with Crippen molar-refractivity contribution in [1.29, 1.82) is 0 Å². The van der Waals surface area contributed by atoms with Crippen LogP contribution in [0.1, 0.15) is 28.4 Å². The SMILES string of the molecule is COc1ccc(/C=C\c2cc(I)c(OC)c(OC)c2)cc1C(C)=O. The summed E-state index contributed by atoms with van der Waals surface area (Å²) in [4.78, 5) is 11.7. The summed E-state index contributed by atoms with van der Waals surface area (Å²) in [6.07, 6.45) is 3.92. The van der Waals surface area contributed by atoms with Crippen molar-refractivity contribution in [3.05, 3.63) is 50.6 Å². The van der Waals surface area contributed by atoms with Crippen molar-refractivity contribution < 1.29 is 19.0 Å². The molecular formula is C19H19IO4. The zero-order chi connectivity index (χ0) is 17.7. The molecule has 0 saturated carbocycles. The van der Waals surface area contributed by atoms with Crippen LogP contribution >= 0.6 is 22.6 Å². The van der Waals surface area contributed by atoms with E-state index in [2.05, 4.69) is 22.6 Å². The van der Waals surface area contributed by atoms with Gasteiger partial charge in [0.15, 0.2) is 17.3 Å². The molecule has 0 fully saturated rings. The Hall–Kier alpha value is -2.02. The minimum atomic E-state index is -0.0252. The first-order valence-electron chi connectivity index (χ1n) is 7.28. The number of carbonyl (C=O) groups is 1. The van der Waals surface area contributed by atoms with Crippen molar-refractivity contribution in [2.45, 2.75) is 6.92 Å². The summed E-state index contributed by atoms with van der Waals surface area (Å²) in [6, 6.07) is 9.45. The summed E-state index contributed by atoms with van der Waals surface area (Å²) in [5.41, 5.74) is 2.48. The molecule has 0 aliphatic rings. The molecule has 0 spiro atoms. The van der Waals surface area contributed by atoms with Gasteiger partial charge in [-0.05, 0) is 64.9 Å². The van der Waals surface area contributed by atoms with Gasteiger partial charge in [-0.15, -0.1) is 0 Å². The first-order chi connectivity index (χ1) is 11.5. The number of hydrogen-bond acceptors (Lipinski definition) is 4. The molecule has 0 atom stereocenters. The summed E-state index contributed by atoms with van der Waals surface area (Å²) in [5, 5.41) is 0. The Bertz CT molecular complexity index is 781. The van der Waals surface area contributed by atoms with Crippen molar-refractivity contribution in [3.8, 4) is 17.2 Å². The first-order valence-corrected chi connectivity index (χ1v) is 8.36. The molecule has 0 aliphatic heterocycles. The Kier molecular flexibility index (Phi) is 6.25. The third-order valence-electron chi connectivity index (χ3n) is 3.53.